The van der Waals surface area contributed by atoms with Crippen molar-refractivity contribution in [1.29, 1.82) is 0 Å². The van der Waals surface area contributed by atoms with Gasteiger partial charge in [0.05, 0.1) is 11.3 Å². The summed E-state index contributed by atoms with van der Waals surface area (Å²) in [6.45, 7) is 0.256. The van der Waals surface area contributed by atoms with Gasteiger partial charge in [0.25, 0.3) is 0 Å². The van der Waals surface area contributed by atoms with Gasteiger partial charge in [0, 0.05) is 13.1 Å². The van der Waals surface area contributed by atoms with E-state index in [0.717, 1.165) is 0 Å². The molecular weight excluding hydrogens is 235 g/mol. The van der Waals surface area contributed by atoms with E-state index in [2.05, 4.69) is 0 Å². The molecule has 88 valence electrons. The predicted molar refractivity (Wildman–Crippen MR) is 47.9 cm³/mol. The molecule has 0 aromatic rings. The van der Waals surface area contributed by atoms with E-state index < -0.39 is 23.5 Å². The first-order chi connectivity index (χ1) is 6.37. The first kappa shape index (κ1) is 12.6. The van der Waals surface area contributed by atoms with Gasteiger partial charge in [-0.3, -0.25) is 4.79 Å². The van der Waals surface area contributed by atoms with Gasteiger partial charge in [0.2, 0.25) is 0 Å². The molecule has 0 aromatic heterocycles. The average Bonchev–Trinajstić information content (AvgIpc) is 2.58. The fourth-order valence-corrected chi connectivity index (χ4v) is 2.53. The Morgan fingerprint density at radius 2 is 2.07 bits per heavy atom. The maximum Gasteiger partial charge on any atom is 0.396 e. The molecule has 3 unspecified atom stereocenters. The third-order valence-corrected chi connectivity index (χ3v) is 3.35. The third kappa shape index (κ3) is 1.59. The molecule has 2 heterocycles. The van der Waals surface area contributed by atoms with Gasteiger partial charge in [0.15, 0.2) is 0 Å². The molecule has 2 rings (SSSR count). The summed E-state index contributed by atoms with van der Waals surface area (Å²) in [4.78, 5) is 12.3. The van der Waals surface area contributed by atoms with Crippen molar-refractivity contribution < 1.29 is 23.1 Å². The predicted octanol–water partition coefficient (Wildman–Crippen LogP) is 1.38. The first-order valence-electron chi connectivity index (χ1n) is 4.39. The molecule has 2 saturated heterocycles. The van der Waals surface area contributed by atoms with Crippen molar-refractivity contribution in [2.45, 2.75) is 12.6 Å². The van der Waals surface area contributed by atoms with Gasteiger partial charge < -0.3 is 10.0 Å². The van der Waals surface area contributed by atoms with Crippen LogP contribution in [0.4, 0.5) is 13.2 Å². The zero-order valence-electron chi connectivity index (χ0n) is 7.75. The molecule has 2 bridgehead atoms. The van der Waals surface area contributed by atoms with Crippen LogP contribution in [0.2, 0.25) is 0 Å². The maximum atomic E-state index is 12.8. The first-order valence-corrected chi connectivity index (χ1v) is 4.39. The van der Waals surface area contributed by atoms with Crippen molar-refractivity contribution in [2.24, 2.45) is 11.3 Å². The fourth-order valence-electron chi connectivity index (χ4n) is 2.53. The van der Waals surface area contributed by atoms with Crippen LogP contribution in [0.1, 0.15) is 6.42 Å². The molecule has 15 heavy (non-hydrogen) atoms. The molecule has 0 aromatic carbocycles. The van der Waals surface area contributed by atoms with Crippen molar-refractivity contribution in [3.8, 4) is 0 Å². The second-order valence-electron chi connectivity index (χ2n) is 4.03. The van der Waals surface area contributed by atoms with E-state index in [1.807, 2.05) is 0 Å². The van der Waals surface area contributed by atoms with Crippen LogP contribution in [-0.2, 0) is 4.79 Å². The fraction of sp³-hybridized carbons (Fsp3) is 0.875. The van der Waals surface area contributed by atoms with Crippen molar-refractivity contribution in [3.05, 3.63) is 0 Å². The molecule has 2 fully saturated rings. The smallest absolute Gasteiger partial charge is 0.396 e. The molecule has 0 spiro atoms. The Kier molecular flexibility index (Phi) is 2.95. The second kappa shape index (κ2) is 3.52. The number of aliphatic carboxylic acids is 1. The van der Waals surface area contributed by atoms with Crippen molar-refractivity contribution in [2.75, 3.05) is 19.6 Å². The Morgan fingerprint density at radius 1 is 1.47 bits per heavy atom. The van der Waals surface area contributed by atoms with Crippen molar-refractivity contribution >= 4 is 18.4 Å². The molecule has 3 nitrogen and oxygen atoms in total. The number of halogens is 4. The highest BCUT2D eigenvalue weighted by Crippen LogP contribution is 2.55. The molecule has 2 aliphatic heterocycles. The van der Waals surface area contributed by atoms with E-state index in [1.165, 1.54) is 0 Å². The van der Waals surface area contributed by atoms with Crippen LogP contribution in [0.25, 0.3) is 0 Å². The van der Waals surface area contributed by atoms with Gasteiger partial charge in [-0.15, -0.1) is 12.4 Å². The SMILES string of the molecule is Cl.O=C(O)C1CN2CCC1(C(F)(F)F)C2. The van der Waals surface area contributed by atoms with Crippen LogP contribution < -0.4 is 0 Å². The van der Waals surface area contributed by atoms with Crippen LogP contribution >= 0.6 is 12.4 Å². The number of fused-ring (bicyclic) bond motifs is 2. The highest BCUT2D eigenvalue weighted by atomic mass is 35.5. The summed E-state index contributed by atoms with van der Waals surface area (Å²) < 4.78 is 38.3. The van der Waals surface area contributed by atoms with Crippen molar-refractivity contribution in [3.63, 3.8) is 0 Å². The summed E-state index contributed by atoms with van der Waals surface area (Å²) in [6.07, 6.45) is -4.48. The molecule has 0 aliphatic carbocycles. The molecule has 2 aliphatic rings. The molecule has 3 atom stereocenters. The largest absolute Gasteiger partial charge is 0.481 e. The van der Waals surface area contributed by atoms with Gasteiger partial charge >= 0.3 is 12.1 Å². The van der Waals surface area contributed by atoms with Crippen LogP contribution in [0.15, 0.2) is 0 Å². The Labute approximate surface area is 90.6 Å². The van der Waals surface area contributed by atoms with E-state index >= 15 is 0 Å². The number of carboxylic acids is 1. The lowest BCUT2D eigenvalue weighted by Crippen LogP contribution is -2.47. The van der Waals surface area contributed by atoms with Crippen LogP contribution in [0.5, 0.6) is 0 Å². The van der Waals surface area contributed by atoms with E-state index in [9.17, 15) is 18.0 Å². The summed E-state index contributed by atoms with van der Waals surface area (Å²) >= 11 is 0. The highest BCUT2D eigenvalue weighted by molar-refractivity contribution is 5.85. The molecule has 0 amide bonds. The summed E-state index contributed by atoms with van der Waals surface area (Å²) in [7, 11) is 0. The number of hydrogen-bond donors (Lipinski definition) is 1. The zero-order chi connectivity index (χ0) is 10.6. The van der Waals surface area contributed by atoms with E-state index in [0.29, 0.717) is 6.54 Å². The minimum Gasteiger partial charge on any atom is -0.481 e. The number of rotatable bonds is 1. The van der Waals surface area contributed by atoms with Gasteiger partial charge in [0.1, 0.15) is 0 Å². The normalized spacial score (nSPS) is 38.9. The third-order valence-electron chi connectivity index (χ3n) is 3.35. The van der Waals surface area contributed by atoms with Crippen LogP contribution in [0, 0.1) is 11.3 Å². The Bertz CT molecular complexity index is 284. The van der Waals surface area contributed by atoms with Crippen molar-refractivity contribution in [1.82, 2.24) is 4.90 Å². The maximum absolute atomic E-state index is 12.8. The lowest BCUT2D eigenvalue weighted by molar-refractivity contribution is -0.232. The molecule has 0 saturated carbocycles. The van der Waals surface area contributed by atoms with Crippen LogP contribution in [-0.4, -0.2) is 41.8 Å². The zero-order valence-corrected chi connectivity index (χ0v) is 8.57. The Balaban J connectivity index is 0.00000112. The van der Waals surface area contributed by atoms with E-state index in [1.54, 1.807) is 4.90 Å². The van der Waals surface area contributed by atoms with Crippen LogP contribution in [0.3, 0.4) is 0 Å². The lowest BCUT2D eigenvalue weighted by Gasteiger charge is -2.33. The molecule has 1 N–H and O–H groups in total. The summed E-state index contributed by atoms with van der Waals surface area (Å²) in [6, 6.07) is 0. The van der Waals surface area contributed by atoms with E-state index in [4.69, 9.17) is 5.11 Å². The van der Waals surface area contributed by atoms with E-state index in [-0.39, 0.29) is 31.9 Å². The standard InChI is InChI=1S/C8H10F3NO2.ClH/c9-8(10,11)7-1-2-12(4-7)3-5(7)6(13)14;/h5H,1-4H2,(H,13,14);1H. The van der Waals surface area contributed by atoms with Gasteiger partial charge in [-0.1, -0.05) is 0 Å². The molecule has 7 heteroatoms. The monoisotopic (exact) mass is 245 g/mol. The number of hydrogen-bond acceptors (Lipinski definition) is 2. The molecular formula is C8H11ClF3NO2. The minimum atomic E-state index is -4.40. The number of alkyl halides is 3. The second-order valence-corrected chi connectivity index (χ2v) is 4.03. The highest BCUT2D eigenvalue weighted by Gasteiger charge is 2.68. The van der Waals surface area contributed by atoms with Gasteiger partial charge in [-0.05, 0) is 13.0 Å². The number of carboxylic acid groups (broad SMARTS) is 1. The molecule has 0 radical (unpaired) electrons. The quantitative estimate of drug-likeness (QED) is 0.759. The Hall–Kier alpha value is -0.490. The number of piperidine rings is 1. The topological polar surface area (TPSA) is 40.5 Å². The summed E-state index contributed by atoms with van der Waals surface area (Å²) in [5.41, 5.74) is -1.99. The minimum absolute atomic E-state index is 0. The van der Waals surface area contributed by atoms with Gasteiger partial charge in [-0.2, -0.15) is 13.2 Å². The Morgan fingerprint density at radius 3 is 2.40 bits per heavy atom. The van der Waals surface area contributed by atoms with Gasteiger partial charge in [-0.25, -0.2) is 0 Å². The number of nitrogens with zero attached hydrogens (tertiary/aromatic N) is 1. The summed E-state index contributed by atoms with van der Waals surface area (Å²) in [5, 5.41) is 8.74. The number of carbonyl (C=O) groups is 1. The summed E-state index contributed by atoms with van der Waals surface area (Å²) in [5.74, 6) is -2.61. The average molecular weight is 246 g/mol. The lowest BCUT2D eigenvalue weighted by atomic mass is 9.75.